The summed E-state index contributed by atoms with van der Waals surface area (Å²) in [6.07, 6.45) is 1.42. The number of nitrogens with zero attached hydrogens (tertiary/aromatic N) is 1. The summed E-state index contributed by atoms with van der Waals surface area (Å²) in [4.78, 5) is 4.10. The number of oxazole rings is 1. The topological polar surface area (TPSA) is 47.3 Å². The zero-order valence-corrected chi connectivity index (χ0v) is 9.92. The van der Waals surface area contributed by atoms with Crippen molar-refractivity contribution in [3.63, 3.8) is 0 Å². The molecule has 0 atom stereocenters. The van der Waals surface area contributed by atoms with Crippen molar-refractivity contribution in [1.82, 2.24) is 10.3 Å². The summed E-state index contributed by atoms with van der Waals surface area (Å²) in [5, 5.41) is 3.04. The predicted molar refractivity (Wildman–Crippen MR) is 59.3 cm³/mol. The van der Waals surface area contributed by atoms with Crippen LogP contribution in [0.4, 0.5) is 8.78 Å². The van der Waals surface area contributed by atoms with Gasteiger partial charge in [-0.25, -0.2) is 13.8 Å². The summed E-state index contributed by atoms with van der Waals surface area (Å²) in [5.74, 6) is 1.36. The molecule has 0 spiro atoms. The molecule has 0 aliphatic heterocycles. The van der Waals surface area contributed by atoms with Crippen LogP contribution in [0.1, 0.15) is 18.1 Å². The fourth-order valence-electron chi connectivity index (χ4n) is 1.34. The summed E-state index contributed by atoms with van der Waals surface area (Å²) in [6, 6.07) is 0. The Morgan fingerprint density at radius 3 is 3.00 bits per heavy atom. The summed E-state index contributed by atoms with van der Waals surface area (Å²) in [6.45, 7) is 0.619. The second-order valence-corrected chi connectivity index (χ2v) is 3.64. The molecule has 0 fully saturated rings. The SMILES string of the molecule is CNCCCc1ncc(CCOCC(F)F)o1. The van der Waals surface area contributed by atoms with Gasteiger partial charge in [0.25, 0.3) is 6.43 Å². The number of hydrogen-bond acceptors (Lipinski definition) is 4. The van der Waals surface area contributed by atoms with Gasteiger partial charge in [-0.2, -0.15) is 0 Å². The number of rotatable bonds is 9. The average Bonchev–Trinajstić information content (AvgIpc) is 2.73. The summed E-state index contributed by atoms with van der Waals surface area (Å²) >= 11 is 0. The van der Waals surface area contributed by atoms with E-state index >= 15 is 0 Å². The first-order chi connectivity index (χ1) is 8.22. The van der Waals surface area contributed by atoms with Gasteiger partial charge in [0.1, 0.15) is 12.4 Å². The zero-order chi connectivity index (χ0) is 12.5. The highest BCUT2D eigenvalue weighted by Gasteiger charge is 2.05. The molecule has 0 aliphatic carbocycles. The lowest BCUT2D eigenvalue weighted by Gasteiger charge is -2.00. The third-order valence-corrected chi connectivity index (χ3v) is 2.16. The lowest BCUT2D eigenvalue weighted by Crippen LogP contribution is -2.08. The molecule has 0 radical (unpaired) electrons. The van der Waals surface area contributed by atoms with Crippen LogP contribution in [0.15, 0.2) is 10.6 Å². The average molecular weight is 248 g/mol. The standard InChI is InChI=1S/C11H18F2N2O2/c1-14-5-2-3-11-15-7-9(17-11)4-6-16-8-10(12)13/h7,10,14H,2-6,8H2,1H3. The number of alkyl halides is 2. The molecule has 0 aromatic carbocycles. The van der Waals surface area contributed by atoms with Crippen LogP contribution in [0.5, 0.6) is 0 Å². The molecule has 17 heavy (non-hydrogen) atoms. The Bertz CT molecular complexity index is 305. The van der Waals surface area contributed by atoms with E-state index in [1.54, 1.807) is 6.20 Å². The molecule has 1 aromatic heterocycles. The van der Waals surface area contributed by atoms with Crippen molar-refractivity contribution in [2.24, 2.45) is 0 Å². The van der Waals surface area contributed by atoms with Crippen LogP contribution < -0.4 is 5.32 Å². The number of aromatic nitrogens is 1. The Balaban J connectivity index is 2.16. The second-order valence-electron chi connectivity index (χ2n) is 3.64. The molecule has 0 bridgehead atoms. The van der Waals surface area contributed by atoms with Crippen LogP contribution >= 0.6 is 0 Å². The third-order valence-electron chi connectivity index (χ3n) is 2.16. The molecule has 0 amide bonds. The highest BCUT2D eigenvalue weighted by molar-refractivity contribution is 4.94. The molecule has 1 N–H and O–H groups in total. The molecule has 0 unspecified atom stereocenters. The largest absolute Gasteiger partial charge is 0.446 e. The van der Waals surface area contributed by atoms with Gasteiger partial charge in [0.05, 0.1) is 12.8 Å². The first kappa shape index (κ1) is 14.1. The molecule has 4 nitrogen and oxygen atoms in total. The minimum atomic E-state index is -2.41. The molecule has 1 aromatic rings. The Morgan fingerprint density at radius 2 is 2.29 bits per heavy atom. The predicted octanol–water partition coefficient (Wildman–Crippen LogP) is 1.65. The van der Waals surface area contributed by atoms with E-state index in [2.05, 4.69) is 10.3 Å². The van der Waals surface area contributed by atoms with E-state index in [4.69, 9.17) is 9.15 Å². The van der Waals surface area contributed by atoms with E-state index in [9.17, 15) is 8.78 Å². The maximum atomic E-state index is 11.8. The van der Waals surface area contributed by atoms with Gasteiger partial charge in [0, 0.05) is 12.8 Å². The number of aryl methyl sites for hydroxylation is 1. The smallest absolute Gasteiger partial charge is 0.261 e. The zero-order valence-electron chi connectivity index (χ0n) is 9.92. The first-order valence-corrected chi connectivity index (χ1v) is 5.66. The number of ether oxygens (including phenoxy) is 1. The number of halogens is 2. The normalized spacial score (nSPS) is 11.3. The lowest BCUT2D eigenvalue weighted by atomic mass is 10.3. The number of hydrogen-bond donors (Lipinski definition) is 1. The van der Waals surface area contributed by atoms with E-state index in [0.717, 1.165) is 19.4 Å². The fraction of sp³-hybridized carbons (Fsp3) is 0.727. The second kappa shape index (κ2) is 8.14. The lowest BCUT2D eigenvalue weighted by molar-refractivity contribution is 0.0176. The molecular formula is C11H18F2N2O2. The van der Waals surface area contributed by atoms with Crippen molar-refractivity contribution in [3.8, 4) is 0 Å². The molecule has 1 rings (SSSR count). The number of nitrogens with one attached hydrogen (secondary N) is 1. The van der Waals surface area contributed by atoms with Crippen molar-refractivity contribution < 1.29 is 17.9 Å². The van der Waals surface area contributed by atoms with Crippen molar-refractivity contribution >= 4 is 0 Å². The fourth-order valence-corrected chi connectivity index (χ4v) is 1.34. The van der Waals surface area contributed by atoms with Gasteiger partial charge in [-0.05, 0) is 20.0 Å². The van der Waals surface area contributed by atoms with E-state index in [0.29, 0.717) is 18.1 Å². The maximum Gasteiger partial charge on any atom is 0.261 e. The van der Waals surface area contributed by atoms with Gasteiger partial charge < -0.3 is 14.5 Å². The molecule has 98 valence electrons. The van der Waals surface area contributed by atoms with Crippen LogP contribution in [0.25, 0.3) is 0 Å². The van der Waals surface area contributed by atoms with Gasteiger partial charge in [-0.1, -0.05) is 0 Å². The Hall–Kier alpha value is -1.01. The van der Waals surface area contributed by atoms with Crippen LogP contribution in [0.3, 0.4) is 0 Å². The Kier molecular flexibility index (Phi) is 6.73. The first-order valence-electron chi connectivity index (χ1n) is 5.66. The van der Waals surface area contributed by atoms with Gasteiger partial charge >= 0.3 is 0 Å². The van der Waals surface area contributed by atoms with Crippen molar-refractivity contribution in [2.75, 3.05) is 26.8 Å². The molecule has 6 heteroatoms. The van der Waals surface area contributed by atoms with Gasteiger partial charge in [-0.15, -0.1) is 0 Å². The highest BCUT2D eigenvalue weighted by Crippen LogP contribution is 2.07. The van der Waals surface area contributed by atoms with Crippen LogP contribution in [-0.2, 0) is 17.6 Å². The van der Waals surface area contributed by atoms with Crippen LogP contribution in [-0.4, -0.2) is 38.2 Å². The van der Waals surface area contributed by atoms with Crippen LogP contribution in [0.2, 0.25) is 0 Å². The van der Waals surface area contributed by atoms with E-state index in [-0.39, 0.29) is 6.61 Å². The van der Waals surface area contributed by atoms with Crippen LogP contribution in [0, 0.1) is 0 Å². The molecule has 0 aliphatic rings. The minimum absolute atomic E-state index is 0.232. The minimum Gasteiger partial charge on any atom is -0.446 e. The van der Waals surface area contributed by atoms with Gasteiger partial charge in [0.2, 0.25) is 0 Å². The molecular weight excluding hydrogens is 230 g/mol. The van der Waals surface area contributed by atoms with Crippen molar-refractivity contribution in [3.05, 3.63) is 17.8 Å². The molecule has 0 saturated heterocycles. The quantitative estimate of drug-likeness (QED) is 0.675. The van der Waals surface area contributed by atoms with Gasteiger partial charge in [0.15, 0.2) is 5.89 Å². The van der Waals surface area contributed by atoms with Gasteiger partial charge in [-0.3, -0.25) is 0 Å². The molecule has 1 heterocycles. The Morgan fingerprint density at radius 1 is 1.47 bits per heavy atom. The summed E-state index contributed by atoms with van der Waals surface area (Å²) in [7, 11) is 1.89. The third kappa shape index (κ3) is 6.33. The molecule has 0 saturated carbocycles. The van der Waals surface area contributed by atoms with E-state index in [1.807, 2.05) is 7.05 Å². The monoisotopic (exact) mass is 248 g/mol. The Labute approximate surface area is 99.4 Å². The van der Waals surface area contributed by atoms with Crippen molar-refractivity contribution in [2.45, 2.75) is 25.7 Å². The van der Waals surface area contributed by atoms with E-state index < -0.39 is 13.0 Å². The summed E-state index contributed by atoms with van der Waals surface area (Å²) in [5.41, 5.74) is 0. The highest BCUT2D eigenvalue weighted by atomic mass is 19.3. The van der Waals surface area contributed by atoms with E-state index in [1.165, 1.54) is 0 Å². The maximum absolute atomic E-state index is 11.8. The summed E-state index contributed by atoms with van der Waals surface area (Å²) < 4.78 is 33.7. The van der Waals surface area contributed by atoms with Crippen molar-refractivity contribution in [1.29, 1.82) is 0 Å².